The number of carbonyl (C=O) groups excluding carboxylic acids is 1. The summed E-state index contributed by atoms with van der Waals surface area (Å²) in [6.07, 6.45) is -0.752. The number of phenols is 1. The number of methoxy groups -OCH3 is 1. The molecule has 0 amide bonds. The fourth-order valence-corrected chi connectivity index (χ4v) is 3.44. The van der Waals surface area contributed by atoms with Crippen LogP contribution in [0.4, 0.5) is 0 Å². The third kappa shape index (κ3) is 1.68. The van der Waals surface area contributed by atoms with Gasteiger partial charge in [-0.25, -0.2) is 13.2 Å². The minimum absolute atomic E-state index is 0.230. The van der Waals surface area contributed by atoms with E-state index < -0.39 is 32.6 Å². The van der Waals surface area contributed by atoms with Gasteiger partial charge in [0.15, 0.2) is 6.10 Å². The van der Waals surface area contributed by atoms with Crippen molar-refractivity contribution in [3.05, 3.63) is 28.7 Å². The van der Waals surface area contributed by atoms with Gasteiger partial charge in [0.05, 0.1) is 12.0 Å². The fraction of sp³-hybridized carbons (Fsp3) is 0.182. The molecule has 1 aromatic rings. The zero-order valence-electron chi connectivity index (χ0n) is 9.32. The number of rotatable bonds is 2. The molecule has 18 heavy (non-hydrogen) atoms. The van der Waals surface area contributed by atoms with Crippen LogP contribution in [0.1, 0.15) is 5.56 Å². The summed E-state index contributed by atoms with van der Waals surface area (Å²) in [5.74, 6) is -1.49. The van der Waals surface area contributed by atoms with E-state index in [2.05, 4.69) is 4.74 Å². The van der Waals surface area contributed by atoms with Gasteiger partial charge in [0, 0.05) is 0 Å². The number of aliphatic hydroxyl groups is 1. The Kier molecular flexibility index (Phi) is 2.88. The van der Waals surface area contributed by atoms with Gasteiger partial charge < -0.3 is 14.9 Å². The standard InChI is InChI=1S/C11H10O6S/c1-17-11(14)9(13)8-5-6-3-2-4-7(12)10(6)18(8,15)16/h2-5,9,12-13H,1H3. The minimum Gasteiger partial charge on any atom is -0.507 e. The molecule has 1 heterocycles. The molecule has 7 heteroatoms. The Morgan fingerprint density at radius 2 is 2.06 bits per heavy atom. The second-order valence-electron chi connectivity index (χ2n) is 3.67. The molecule has 6 nitrogen and oxygen atoms in total. The number of aliphatic hydroxyl groups excluding tert-OH is 1. The minimum atomic E-state index is -4.07. The molecule has 1 unspecified atom stereocenters. The first kappa shape index (κ1) is 12.6. The summed E-state index contributed by atoms with van der Waals surface area (Å²) >= 11 is 0. The Labute approximate surface area is 103 Å². The van der Waals surface area contributed by atoms with Gasteiger partial charge in [0.25, 0.3) is 0 Å². The lowest BCUT2D eigenvalue weighted by molar-refractivity contribution is -0.147. The van der Waals surface area contributed by atoms with Crippen LogP contribution in [-0.2, 0) is 19.4 Å². The topological polar surface area (TPSA) is 101 Å². The van der Waals surface area contributed by atoms with Crippen molar-refractivity contribution < 1.29 is 28.2 Å². The first-order chi connectivity index (χ1) is 8.39. The smallest absolute Gasteiger partial charge is 0.340 e. The molecule has 1 aliphatic rings. The molecule has 0 radical (unpaired) electrons. The number of hydrogen-bond donors (Lipinski definition) is 2. The number of phenolic OH excluding ortho intramolecular Hbond substituents is 1. The van der Waals surface area contributed by atoms with E-state index in [1.54, 1.807) is 0 Å². The number of benzene rings is 1. The highest BCUT2D eigenvalue weighted by Crippen LogP contribution is 2.39. The third-order valence-corrected chi connectivity index (χ3v) is 4.54. The quantitative estimate of drug-likeness (QED) is 0.737. The van der Waals surface area contributed by atoms with Gasteiger partial charge in [-0.3, -0.25) is 0 Å². The van der Waals surface area contributed by atoms with Crippen LogP contribution in [0.15, 0.2) is 28.0 Å². The summed E-state index contributed by atoms with van der Waals surface area (Å²) in [4.78, 5) is 10.4. The van der Waals surface area contributed by atoms with E-state index in [0.29, 0.717) is 0 Å². The highest BCUT2D eigenvalue weighted by Gasteiger charge is 2.39. The molecule has 1 atom stereocenters. The summed E-state index contributed by atoms with van der Waals surface area (Å²) in [5.41, 5.74) is 0.230. The molecular weight excluding hydrogens is 260 g/mol. The zero-order valence-corrected chi connectivity index (χ0v) is 10.1. The van der Waals surface area contributed by atoms with Crippen molar-refractivity contribution in [1.82, 2.24) is 0 Å². The lowest BCUT2D eigenvalue weighted by Gasteiger charge is -2.09. The van der Waals surface area contributed by atoms with Crippen LogP contribution in [0.3, 0.4) is 0 Å². The van der Waals surface area contributed by atoms with Crippen LogP contribution in [0.2, 0.25) is 0 Å². The largest absolute Gasteiger partial charge is 0.507 e. The van der Waals surface area contributed by atoms with Crippen LogP contribution in [-0.4, -0.2) is 37.8 Å². The van der Waals surface area contributed by atoms with E-state index in [1.165, 1.54) is 18.2 Å². The molecule has 0 aliphatic carbocycles. The van der Waals surface area contributed by atoms with Crippen LogP contribution in [0.5, 0.6) is 5.75 Å². The predicted molar refractivity (Wildman–Crippen MR) is 61.3 cm³/mol. The molecule has 1 aliphatic heterocycles. The number of hydrogen-bond acceptors (Lipinski definition) is 6. The van der Waals surface area contributed by atoms with E-state index in [-0.39, 0.29) is 10.5 Å². The van der Waals surface area contributed by atoms with Gasteiger partial charge in [-0.15, -0.1) is 0 Å². The Morgan fingerprint density at radius 3 is 2.61 bits per heavy atom. The lowest BCUT2D eigenvalue weighted by atomic mass is 10.2. The van der Waals surface area contributed by atoms with Crippen molar-refractivity contribution >= 4 is 21.9 Å². The van der Waals surface area contributed by atoms with Gasteiger partial charge in [0.1, 0.15) is 10.6 Å². The number of carbonyl (C=O) groups is 1. The molecule has 0 spiro atoms. The Morgan fingerprint density at radius 1 is 1.39 bits per heavy atom. The van der Waals surface area contributed by atoms with E-state index in [1.807, 2.05) is 0 Å². The van der Waals surface area contributed by atoms with Crippen molar-refractivity contribution in [3.63, 3.8) is 0 Å². The molecule has 1 aromatic carbocycles. The zero-order chi connectivity index (χ0) is 13.5. The maximum absolute atomic E-state index is 12.1. The lowest BCUT2D eigenvalue weighted by Crippen LogP contribution is -2.26. The second kappa shape index (κ2) is 4.11. The van der Waals surface area contributed by atoms with Crippen LogP contribution < -0.4 is 0 Å². The number of esters is 1. The molecule has 2 rings (SSSR count). The van der Waals surface area contributed by atoms with E-state index in [4.69, 9.17) is 0 Å². The van der Waals surface area contributed by atoms with Gasteiger partial charge in [-0.05, 0) is 17.7 Å². The maximum atomic E-state index is 12.1. The average Bonchev–Trinajstić information content (AvgIpc) is 2.60. The second-order valence-corrected chi connectivity index (χ2v) is 5.56. The number of ether oxygens (including phenoxy) is 1. The molecule has 0 aromatic heterocycles. The average molecular weight is 270 g/mol. The summed E-state index contributed by atoms with van der Waals surface area (Å²) in [5, 5.41) is 19.2. The molecule has 0 saturated carbocycles. The van der Waals surface area contributed by atoms with Crippen LogP contribution >= 0.6 is 0 Å². The summed E-state index contributed by atoms with van der Waals surface area (Å²) in [6.45, 7) is 0. The van der Waals surface area contributed by atoms with Crippen molar-refractivity contribution in [2.75, 3.05) is 7.11 Å². The van der Waals surface area contributed by atoms with Crippen molar-refractivity contribution in [2.45, 2.75) is 11.0 Å². The van der Waals surface area contributed by atoms with Crippen LogP contribution in [0, 0.1) is 0 Å². The number of sulfone groups is 1. The molecule has 0 bridgehead atoms. The maximum Gasteiger partial charge on any atom is 0.340 e. The highest BCUT2D eigenvalue weighted by atomic mass is 32.2. The fourth-order valence-electron chi connectivity index (χ4n) is 1.75. The van der Waals surface area contributed by atoms with Crippen molar-refractivity contribution in [3.8, 4) is 5.75 Å². The van der Waals surface area contributed by atoms with Crippen LogP contribution in [0.25, 0.3) is 6.08 Å². The predicted octanol–water partition coefficient (Wildman–Crippen LogP) is 0.0543. The van der Waals surface area contributed by atoms with E-state index in [0.717, 1.165) is 13.2 Å². The Balaban J connectivity index is 2.58. The molecular formula is C11H10O6S. The molecule has 0 fully saturated rings. The first-order valence-corrected chi connectivity index (χ1v) is 6.42. The third-order valence-electron chi connectivity index (χ3n) is 2.60. The van der Waals surface area contributed by atoms with Gasteiger partial charge >= 0.3 is 5.97 Å². The molecule has 0 saturated heterocycles. The van der Waals surface area contributed by atoms with Gasteiger partial charge in [0.2, 0.25) is 9.84 Å². The Bertz CT molecular complexity index is 643. The van der Waals surface area contributed by atoms with Crippen molar-refractivity contribution in [1.29, 1.82) is 0 Å². The van der Waals surface area contributed by atoms with Gasteiger partial charge in [-0.1, -0.05) is 12.1 Å². The van der Waals surface area contributed by atoms with Gasteiger partial charge in [-0.2, -0.15) is 0 Å². The summed E-state index contributed by atoms with van der Waals surface area (Å²) < 4.78 is 28.4. The molecule has 96 valence electrons. The normalized spacial score (nSPS) is 17.8. The monoisotopic (exact) mass is 270 g/mol. The number of aromatic hydroxyl groups is 1. The summed E-state index contributed by atoms with van der Waals surface area (Å²) in [6, 6.07) is 4.15. The molecule has 2 N–H and O–H groups in total. The first-order valence-electron chi connectivity index (χ1n) is 4.94. The highest BCUT2D eigenvalue weighted by molar-refractivity contribution is 7.96. The SMILES string of the molecule is COC(=O)C(O)C1=Cc2cccc(O)c2S1(=O)=O. The Hall–Kier alpha value is -1.86. The summed E-state index contributed by atoms with van der Waals surface area (Å²) in [7, 11) is -3.03. The van der Waals surface area contributed by atoms with E-state index >= 15 is 0 Å². The number of fused-ring (bicyclic) bond motifs is 1. The van der Waals surface area contributed by atoms with Crippen molar-refractivity contribution in [2.24, 2.45) is 0 Å². The van der Waals surface area contributed by atoms with E-state index in [9.17, 15) is 23.4 Å².